The van der Waals surface area contributed by atoms with E-state index < -0.39 is 5.97 Å². The van der Waals surface area contributed by atoms with Crippen LogP contribution in [-0.2, 0) is 9.53 Å². The molecular weight excluding hydrogens is 310 g/mol. The fourth-order valence-electron chi connectivity index (χ4n) is 2.15. The van der Waals surface area contributed by atoms with Crippen molar-refractivity contribution >= 4 is 29.7 Å². The Morgan fingerprint density at radius 3 is 2.65 bits per heavy atom. The Morgan fingerprint density at radius 2 is 1.96 bits per heavy atom. The quantitative estimate of drug-likeness (QED) is 0.488. The van der Waals surface area contributed by atoms with E-state index in [9.17, 15) is 4.79 Å². The number of carbonyl (C=O) groups excluding carboxylic acids is 1. The summed E-state index contributed by atoms with van der Waals surface area (Å²) in [4.78, 5) is 17.5. The standard InChI is InChI=1S/C18H15NO3S/c1-21-14-5-3-4-13(11-14)17-19-16(18(20)22-17)10-12-6-8-15(23-2)9-7-12/h3-11H,1-2H3/b16-10+. The summed E-state index contributed by atoms with van der Waals surface area (Å²) in [5.41, 5.74) is 1.91. The molecule has 1 aliphatic rings. The van der Waals surface area contributed by atoms with Gasteiger partial charge in [0.25, 0.3) is 0 Å². The summed E-state index contributed by atoms with van der Waals surface area (Å²) in [5.74, 6) is 0.531. The number of hydrogen-bond acceptors (Lipinski definition) is 5. The smallest absolute Gasteiger partial charge is 0.363 e. The first-order chi connectivity index (χ1) is 11.2. The normalized spacial score (nSPS) is 15.5. The molecule has 23 heavy (non-hydrogen) atoms. The summed E-state index contributed by atoms with van der Waals surface area (Å²) in [6.45, 7) is 0. The van der Waals surface area contributed by atoms with Gasteiger partial charge in [-0.05, 0) is 48.2 Å². The lowest BCUT2D eigenvalue weighted by molar-refractivity contribution is -0.129. The van der Waals surface area contributed by atoms with Gasteiger partial charge in [-0.3, -0.25) is 0 Å². The highest BCUT2D eigenvalue weighted by molar-refractivity contribution is 7.98. The second kappa shape index (κ2) is 6.71. The summed E-state index contributed by atoms with van der Waals surface area (Å²) in [7, 11) is 1.59. The van der Waals surface area contributed by atoms with E-state index in [1.807, 2.05) is 48.7 Å². The van der Waals surface area contributed by atoms with Gasteiger partial charge in [0.15, 0.2) is 5.70 Å². The van der Waals surface area contributed by atoms with Crippen LogP contribution in [-0.4, -0.2) is 25.2 Å². The third kappa shape index (κ3) is 3.46. The average Bonchev–Trinajstić information content (AvgIpc) is 2.96. The zero-order valence-corrected chi connectivity index (χ0v) is 13.6. The SMILES string of the molecule is COc1cccc(C2=N/C(=C/c3ccc(SC)cc3)C(=O)O2)c1. The minimum Gasteiger partial charge on any atom is -0.497 e. The number of nitrogens with zero attached hydrogens (tertiary/aromatic N) is 1. The highest BCUT2D eigenvalue weighted by Crippen LogP contribution is 2.22. The Hall–Kier alpha value is -2.53. The molecule has 0 aromatic heterocycles. The van der Waals surface area contributed by atoms with Crippen molar-refractivity contribution in [3.8, 4) is 5.75 Å². The van der Waals surface area contributed by atoms with Crippen molar-refractivity contribution in [2.24, 2.45) is 4.99 Å². The molecule has 0 saturated heterocycles. The Bertz CT molecular complexity index is 794. The van der Waals surface area contributed by atoms with Crippen molar-refractivity contribution in [2.45, 2.75) is 4.90 Å². The first-order valence-electron chi connectivity index (χ1n) is 7.00. The third-order valence-electron chi connectivity index (χ3n) is 3.36. The number of benzene rings is 2. The van der Waals surface area contributed by atoms with Crippen LogP contribution in [0.3, 0.4) is 0 Å². The molecule has 116 valence electrons. The fraction of sp³-hybridized carbons (Fsp3) is 0.111. The largest absolute Gasteiger partial charge is 0.497 e. The van der Waals surface area contributed by atoms with Gasteiger partial charge in [-0.1, -0.05) is 18.2 Å². The molecule has 4 nitrogen and oxygen atoms in total. The molecule has 0 bridgehead atoms. The first-order valence-corrected chi connectivity index (χ1v) is 8.23. The molecule has 0 radical (unpaired) electrons. The molecule has 0 amide bonds. The van der Waals surface area contributed by atoms with E-state index in [0.717, 1.165) is 5.56 Å². The lowest BCUT2D eigenvalue weighted by Crippen LogP contribution is -2.05. The summed E-state index contributed by atoms with van der Waals surface area (Å²) in [6.07, 6.45) is 3.74. The van der Waals surface area contributed by atoms with Gasteiger partial charge in [-0.15, -0.1) is 11.8 Å². The number of ether oxygens (including phenoxy) is 2. The number of carbonyl (C=O) groups is 1. The lowest BCUT2D eigenvalue weighted by Gasteiger charge is -2.02. The van der Waals surface area contributed by atoms with Crippen LogP contribution in [0.5, 0.6) is 5.75 Å². The minimum absolute atomic E-state index is 0.291. The Kier molecular flexibility index (Phi) is 4.48. The monoisotopic (exact) mass is 325 g/mol. The molecule has 0 unspecified atom stereocenters. The van der Waals surface area contributed by atoms with Crippen molar-refractivity contribution in [1.29, 1.82) is 0 Å². The number of rotatable bonds is 4. The van der Waals surface area contributed by atoms with Gasteiger partial charge in [0, 0.05) is 10.5 Å². The summed E-state index contributed by atoms with van der Waals surface area (Å²) in [5, 5.41) is 0. The van der Waals surface area contributed by atoms with Crippen LogP contribution in [0.1, 0.15) is 11.1 Å². The van der Waals surface area contributed by atoms with Gasteiger partial charge < -0.3 is 9.47 Å². The van der Waals surface area contributed by atoms with Crippen LogP contribution >= 0.6 is 11.8 Å². The number of thioether (sulfide) groups is 1. The van der Waals surface area contributed by atoms with E-state index in [0.29, 0.717) is 22.9 Å². The van der Waals surface area contributed by atoms with Crippen molar-refractivity contribution < 1.29 is 14.3 Å². The topological polar surface area (TPSA) is 47.9 Å². The Labute approximate surface area is 138 Å². The number of aliphatic imine (C=N–C) groups is 1. The van der Waals surface area contributed by atoms with Gasteiger partial charge in [0.2, 0.25) is 5.90 Å². The first kappa shape index (κ1) is 15.4. The van der Waals surface area contributed by atoms with Crippen LogP contribution in [0.2, 0.25) is 0 Å². The summed E-state index contributed by atoms with van der Waals surface area (Å²) < 4.78 is 10.4. The zero-order valence-electron chi connectivity index (χ0n) is 12.8. The van der Waals surface area contributed by atoms with Crippen molar-refractivity contribution in [3.05, 3.63) is 65.4 Å². The highest BCUT2D eigenvalue weighted by atomic mass is 32.2. The van der Waals surface area contributed by atoms with Crippen LogP contribution < -0.4 is 4.74 Å². The van der Waals surface area contributed by atoms with Crippen molar-refractivity contribution in [3.63, 3.8) is 0 Å². The molecule has 0 aliphatic carbocycles. The number of hydrogen-bond donors (Lipinski definition) is 0. The van der Waals surface area contributed by atoms with Gasteiger partial charge >= 0.3 is 5.97 Å². The molecule has 2 aromatic rings. The van der Waals surface area contributed by atoms with Gasteiger partial charge in [-0.25, -0.2) is 9.79 Å². The van der Waals surface area contributed by atoms with E-state index in [2.05, 4.69) is 4.99 Å². The van der Waals surface area contributed by atoms with E-state index in [4.69, 9.17) is 9.47 Å². The number of esters is 1. The second-order valence-electron chi connectivity index (χ2n) is 4.84. The zero-order chi connectivity index (χ0) is 16.2. The molecule has 5 heteroatoms. The highest BCUT2D eigenvalue weighted by Gasteiger charge is 2.24. The lowest BCUT2D eigenvalue weighted by atomic mass is 10.2. The maximum Gasteiger partial charge on any atom is 0.363 e. The predicted molar refractivity (Wildman–Crippen MR) is 91.8 cm³/mol. The summed E-state index contributed by atoms with van der Waals surface area (Å²) in [6, 6.07) is 15.2. The molecule has 0 saturated carbocycles. The van der Waals surface area contributed by atoms with Crippen molar-refractivity contribution in [1.82, 2.24) is 0 Å². The number of methoxy groups -OCH3 is 1. The minimum atomic E-state index is -0.447. The molecule has 1 heterocycles. The molecular formula is C18H15NO3S. The van der Waals surface area contributed by atoms with E-state index in [1.165, 1.54) is 4.90 Å². The fourth-order valence-corrected chi connectivity index (χ4v) is 2.55. The van der Waals surface area contributed by atoms with Gasteiger partial charge in [0.1, 0.15) is 5.75 Å². The maximum atomic E-state index is 12.0. The van der Waals surface area contributed by atoms with E-state index >= 15 is 0 Å². The Balaban J connectivity index is 1.89. The summed E-state index contributed by atoms with van der Waals surface area (Å²) >= 11 is 1.67. The van der Waals surface area contributed by atoms with Crippen LogP contribution in [0.25, 0.3) is 6.08 Å². The molecule has 0 fully saturated rings. The number of cyclic esters (lactones) is 1. The maximum absolute atomic E-state index is 12.0. The Morgan fingerprint density at radius 1 is 1.17 bits per heavy atom. The molecule has 3 rings (SSSR count). The van der Waals surface area contributed by atoms with Crippen molar-refractivity contribution in [2.75, 3.05) is 13.4 Å². The molecule has 1 aliphatic heterocycles. The average molecular weight is 325 g/mol. The molecule has 2 aromatic carbocycles. The van der Waals surface area contributed by atoms with Gasteiger partial charge in [0.05, 0.1) is 7.11 Å². The van der Waals surface area contributed by atoms with Crippen LogP contribution in [0, 0.1) is 0 Å². The second-order valence-corrected chi connectivity index (χ2v) is 5.72. The van der Waals surface area contributed by atoms with E-state index in [-0.39, 0.29) is 0 Å². The van der Waals surface area contributed by atoms with E-state index in [1.54, 1.807) is 31.0 Å². The molecule has 0 spiro atoms. The molecule has 0 atom stereocenters. The molecule has 0 N–H and O–H groups in total. The predicted octanol–water partition coefficient (Wildman–Crippen LogP) is 3.76. The van der Waals surface area contributed by atoms with Gasteiger partial charge in [-0.2, -0.15) is 0 Å². The third-order valence-corrected chi connectivity index (χ3v) is 4.10. The van der Waals surface area contributed by atoms with Crippen LogP contribution in [0.4, 0.5) is 0 Å². The van der Waals surface area contributed by atoms with Crippen LogP contribution in [0.15, 0.2) is 64.1 Å².